The Morgan fingerprint density at radius 1 is 0.926 bits per heavy atom. The maximum absolute atomic E-state index is 13.5. The Bertz CT molecular complexity index is 1090. The summed E-state index contributed by atoms with van der Waals surface area (Å²) in [5, 5.41) is -0.340. The van der Waals surface area contributed by atoms with Gasteiger partial charge in [0.05, 0.1) is 11.0 Å². The normalized spacial score (nSPS) is 12.2. The molecule has 0 spiro atoms. The Morgan fingerprint density at radius 3 is 2.26 bits per heavy atom. The third-order valence-electron chi connectivity index (χ3n) is 4.72. The summed E-state index contributed by atoms with van der Waals surface area (Å²) in [6.45, 7) is 4.12. The van der Waals surface area contributed by atoms with E-state index in [1.807, 2.05) is 72.8 Å². The maximum atomic E-state index is 13.5. The minimum absolute atomic E-state index is 0.0146. The summed E-state index contributed by atoms with van der Waals surface area (Å²) >= 11 is 1.57. The fourth-order valence-corrected chi connectivity index (χ4v) is 4.18. The van der Waals surface area contributed by atoms with Gasteiger partial charge < -0.3 is 0 Å². The molecule has 1 atom stereocenters. The average Bonchev–Trinajstić information content (AvgIpc) is 3.10. The molecule has 1 unspecified atom stereocenters. The van der Waals surface area contributed by atoms with E-state index in [0.717, 1.165) is 27.1 Å². The van der Waals surface area contributed by atoms with Crippen molar-refractivity contribution in [1.82, 2.24) is 9.55 Å². The lowest BCUT2D eigenvalue weighted by Crippen LogP contribution is -2.17. The standard InChI is InChI=1S/C23H20N2OS/c1-16-13-20-21(14-17(16)2)25(15-24-20)23(26)22(18-9-5-3-6-10-18)27-19-11-7-4-8-12-19/h3-15,22H,1-2H3. The van der Waals surface area contributed by atoms with Crippen LogP contribution in [0.25, 0.3) is 11.0 Å². The molecule has 1 aromatic heterocycles. The summed E-state index contributed by atoms with van der Waals surface area (Å²) in [6, 6.07) is 24.1. The molecule has 0 saturated heterocycles. The van der Waals surface area contributed by atoms with Crippen molar-refractivity contribution in [3.8, 4) is 0 Å². The number of nitrogens with zero attached hydrogens (tertiary/aromatic N) is 2. The zero-order valence-electron chi connectivity index (χ0n) is 15.3. The molecular weight excluding hydrogens is 352 g/mol. The predicted octanol–water partition coefficient (Wildman–Crippen LogP) is 5.83. The molecule has 0 N–H and O–H groups in total. The zero-order valence-corrected chi connectivity index (χ0v) is 16.1. The predicted molar refractivity (Wildman–Crippen MR) is 111 cm³/mol. The van der Waals surface area contributed by atoms with E-state index in [0.29, 0.717) is 0 Å². The molecule has 1 heterocycles. The number of aromatic nitrogens is 2. The van der Waals surface area contributed by atoms with Crippen LogP contribution in [0.15, 0.2) is 84.0 Å². The molecule has 0 aliphatic heterocycles. The van der Waals surface area contributed by atoms with Gasteiger partial charge in [-0.1, -0.05) is 48.5 Å². The first-order valence-electron chi connectivity index (χ1n) is 8.88. The van der Waals surface area contributed by atoms with Crippen LogP contribution in [0.2, 0.25) is 0 Å². The molecule has 134 valence electrons. The number of thioether (sulfide) groups is 1. The van der Waals surface area contributed by atoms with Crippen LogP contribution in [0.1, 0.15) is 26.7 Å². The highest BCUT2D eigenvalue weighted by Crippen LogP contribution is 2.37. The second-order valence-electron chi connectivity index (χ2n) is 6.60. The van der Waals surface area contributed by atoms with Crippen LogP contribution in [-0.4, -0.2) is 15.5 Å². The molecular formula is C23H20N2OS. The van der Waals surface area contributed by atoms with Crippen LogP contribution < -0.4 is 0 Å². The number of carbonyl (C=O) groups is 1. The van der Waals surface area contributed by atoms with E-state index >= 15 is 0 Å². The molecule has 0 radical (unpaired) electrons. The first-order valence-corrected chi connectivity index (χ1v) is 9.76. The van der Waals surface area contributed by atoms with Gasteiger partial charge in [-0.2, -0.15) is 0 Å². The van der Waals surface area contributed by atoms with Gasteiger partial charge in [0.1, 0.15) is 11.6 Å². The lowest BCUT2D eigenvalue weighted by Gasteiger charge is -2.17. The number of benzene rings is 3. The molecule has 4 heteroatoms. The third kappa shape index (κ3) is 3.53. The van der Waals surface area contributed by atoms with Gasteiger partial charge in [-0.15, -0.1) is 11.8 Å². The lowest BCUT2D eigenvalue weighted by molar-refractivity contribution is 0.0915. The van der Waals surface area contributed by atoms with Crippen LogP contribution in [-0.2, 0) is 0 Å². The minimum atomic E-state index is -0.340. The monoisotopic (exact) mass is 372 g/mol. The number of fused-ring (bicyclic) bond motifs is 1. The van der Waals surface area contributed by atoms with Crippen LogP contribution in [0, 0.1) is 13.8 Å². The first kappa shape index (κ1) is 17.6. The average molecular weight is 372 g/mol. The summed E-state index contributed by atoms with van der Waals surface area (Å²) in [7, 11) is 0. The van der Waals surface area contributed by atoms with Gasteiger partial charge in [0.25, 0.3) is 0 Å². The highest BCUT2D eigenvalue weighted by molar-refractivity contribution is 8.00. The maximum Gasteiger partial charge on any atom is 0.250 e. The van der Waals surface area contributed by atoms with Crippen molar-refractivity contribution >= 4 is 28.7 Å². The molecule has 0 amide bonds. The van der Waals surface area contributed by atoms with Gasteiger partial charge in [-0.05, 0) is 54.8 Å². The van der Waals surface area contributed by atoms with Gasteiger partial charge >= 0.3 is 0 Å². The number of rotatable bonds is 4. The van der Waals surface area contributed by atoms with Crippen molar-refractivity contribution in [2.75, 3.05) is 0 Å². The number of hydrogen-bond acceptors (Lipinski definition) is 3. The Hall–Kier alpha value is -2.85. The molecule has 27 heavy (non-hydrogen) atoms. The van der Waals surface area contributed by atoms with E-state index in [-0.39, 0.29) is 11.2 Å². The van der Waals surface area contributed by atoms with Crippen LogP contribution in [0.4, 0.5) is 0 Å². The van der Waals surface area contributed by atoms with Gasteiger partial charge in [0.2, 0.25) is 5.91 Å². The molecule has 4 rings (SSSR count). The van der Waals surface area contributed by atoms with E-state index in [4.69, 9.17) is 0 Å². The number of imidazole rings is 1. The Kier molecular flexibility index (Phi) is 4.82. The topological polar surface area (TPSA) is 34.9 Å². The second kappa shape index (κ2) is 7.41. The molecule has 0 aliphatic carbocycles. The summed E-state index contributed by atoms with van der Waals surface area (Å²) in [5.41, 5.74) is 5.03. The van der Waals surface area contributed by atoms with Crippen LogP contribution in [0.3, 0.4) is 0 Å². The SMILES string of the molecule is Cc1cc2ncn(C(=O)C(Sc3ccccc3)c3ccccc3)c2cc1C. The van der Waals surface area contributed by atoms with Crippen LogP contribution in [0.5, 0.6) is 0 Å². The fourth-order valence-electron chi connectivity index (χ4n) is 3.09. The highest BCUT2D eigenvalue weighted by atomic mass is 32.2. The first-order chi connectivity index (χ1) is 13.1. The molecule has 3 aromatic carbocycles. The fraction of sp³-hybridized carbons (Fsp3) is 0.130. The molecule has 3 nitrogen and oxygen atoms in total. The van der Waals surface area contributed by atoms with Crippen molar-refractivity contribution in [3.63, 3.8) is 0 Å². The van der Waals surface area contributed by atoms with Crippen molar-refractivity contribution in [2.45, 2.75) is 24.0 Å². The van der Waals surface area contributed by atoms with Gasteiger partial charge in [-0.3, -0.25) is 9.36 Å². The largest absolute Gasteiger partial charge is 0.272 e. The quantitative estimate of drug-likeness (QED) is 0.423. The van der Waals surface area contributed by atoms with E-state index in [1.54, 1.807) is 22.7 Å². The highest BCUT2D eigenvalue weighted by Gasteiger charge is 2.25. The Labute approximate surface area is 163 Å². The summed E-state index contributed by atoms with van der Waals surface area (Å²) in [4.78, 5) is 19.0. The number of hydrogen-bond donors (Lipinski definition) is 0. The van der Waals surface area contributed by atoms with Crippen molar-refractivity contribution < 1.29 is 4.79 Å². The summed E-state index contributed by atoms with van der Waals surface area (Å²) < 4.78 is 1.69. The number of aryl methyl sites for hydroxylation is 2. The molecule has 0 fully saturated rings. The van der Waals surface area contributed by atoms with Crippen molar-refractivity contribution in [1.29, 1.82) is 0 Å². The molecule has 4 aromatic rings. The van der Waals surface area contributed by atoms with Crippen molar-refractivity contribution in [2.24, 2.45) is 0 Å². The second-order valence-corrected chi connectivity index (χ2v) is 7.78. The van der Waals surface area contributed by atoms with Gasteiger partial charge in [0.15, 0.2) is 0 Å². The number of carbonyl (C=O) groups excluding carboxylic acids is 1. The van der Waals surface area contributed by atoms with E-state index in [9.17, 15) is 4.79 Å². The Morgan fingerprint density at radius 2 is 1.56 bits per heavy atom. The van der Waals surface area contributed by atoms with Crippen molar-refractivity contribution in [3.05, 3.63) is 95.8 Å². The molecule has 0 aliphatic rings. The third-order valence-corrected chi connectivity index (χ3v) is 5.98. The lowest BCUT2D eigenvalue weighted by atomic mass is 10.1. The smallest absolute Gasteiger partial charge is 0.250 e. The minimum Gasteiger partial charge on any atom is -0.272 e. The zero-order chi connectivity index (χ0) is 18.8. The summed E-state index contributed by atoms with van der Waals surface area (Å²) in [5.74, 6) is 0.0146. The van der Waals surface area contributed by atoms with E-state index in [1.165, 1.54) is 5.56 Å². The van der Waals surface area contributed by atoms with Gasteiger partial charge in [0, 0.05) is 4.90 Å². The summed E-state index contributed by atoms with van der Waals surface area (Å²) in [6.07, 6.45) is 1.65. The van der Waals surface area contributed by atoms with E-state index in [2.05, 4.69) is 18.8 Å². The van der Waals surface area contributed by atoms with E-state index < -0.39 is 0 Å². The van der Waals surface area contributed by atoms with Gasteiger partial charge in [-0.25, -0.2) is 4.98 Å². The van der Waals surface area contributed by atoms with Crippen LogP contribution >= 0.6 is 11.8 Å². The molecule has 0 bridgehead atoms. The Balaban J connectivity index is 1.78. The molecule has 0 saturated carbocycles.